The van der Waals surface area contributed by atoms with Gasteiger partial charge in [-0.25, -0.2) is 0 Å². The zero-order valence-electron chi connectivity index (χ0n) is 19.1. The first-order chi connectivity index (χ1) is 17.1. The minimum atomic E-state index is -4.94. The van der Waals surface area contributed by atoms with Crippen molar-refractivity contribution in [2.45, 2.75) is 25.4 Å². The molecule has 0 aliphatic carbocycles. The molecule has 0 bridgehead atoms. The first-order valence-electron chi connectivity index (χ1n) is 11.0. The molecule has 1 aliphatic rings. The topological polar surface area (TPSA) is 106 Å². The Balaban J connectivity index is 1.56. The van der Waals surface area contributed by atoms with Gasteiger partial charge in [0.15, 0.2) is 17.3 Å². The Labute approximate surface area is 203 Å². The molecule has 36 heavy (non-hydrogen) atoms. The van der Waals surface area contributed by atoms with Crippen molar-refractivity contribution in [2.24, 2.45) is 0 Å². The number of amides is 1. The van der Waals surface area contributed by atoms with Gasteiger partial charge in [0.25, 0.3) is 5.91 Å². The number of halogens is 3. The predicted molar refractivity (Wildman–Crippen MR) is 123 cm³/mol. The van der Waals surface area contributed by atoms with Gasteiger partial charge in [0.05, 0.1) is 11.6 Å². The molecule has 3 aromatic rings. The fraction of sp³-hybridized carbons (Fsp3) is 0.280. The number of nitrogens with one attached hydrogen (secondary N) is 1. The largest absolute Gasteiger partial charge is 0.573 e. The van der Waals surface area contributed by atoms with Crippen molar-refractivity contribution in [3.05, 3.63) is 76.1 Å². The van der Waals surface area contributed by atoms with E-state index in [1.807, 2.05) is 6.07 Å². The minimum Gasteiger partial charge on any atom is -0.406 e. The number of aromatic nitrogens is 1. The highest BCUT2D eigenvalue weighted by Gasteiger charge is 2.36. The lowest BCUT2D eigenvalue weighted by atomic mass is 10.00. The SMILES string of the molecule is CC1CN(C(=O)c2ccccc2)CCN1C(C#N)C(=O)c1c[nH]c2ccc(OC(F)(F)F)cc2c1=O. The molecule has 11 heteroatoms. The van der Waals surface area contributed by atoms with Crippen molar-refractivity contribution >= 4 is 22.6 Å². The number of benzene rings is 2. The van der Waals surface area contributed by atoms with Gasteiger partial charge in [-0.1, -0.05) is 18.2 Å². The molecular weight excluding hydrogens is 477 g/mol. The minimum absolute atomic E-state index is 0.162. The summed E-state index contributed by atoms with van der Waals surface area (Å²) in [5.74, 6) is -1.54. The maximum Gasteiger partial charge on any atom is 0.573 e. The van der Waals surface area contributed by atoms with Crippen LogP contribution < -0.4 is 10.2 Å². The van der Waals surface area contributed by atoms with E-state index in [4.69, 9.17) is 0 Å². The smallest absolute Gasteiger partial charge is 0.406 e. The number of hydrogen-bond donors (Lipinski definition) is 1. The fourth-order valence-corrected chi connectivity index (χ4v) is 4.31. The van der Waals surface area contributed by atoms with E-state index in [1.54, 1.807) is 47.1 Å². The second-order valence-electron chi connectivity index (χ2n) is 8.39. The van der Waals surface area contributed by atoms with Gasteiger partial charge < -0.3 is 14.6 Å². The van der Waals surface area contributed by atoms with E-state index in [-0.39, 0.29) is 48.0 Å². The molecule has 8 nitrogen and oxygen atoms in total. The van der Waals surface area contributed by atoms with Gasteiger partial charge in [-0.3, -0.25) is 19.3 Å². The van der Waals surface area contributed by atoms with Crippen molar-refractivity contribution in [1.29, 1.82) is 5.26 Å². The number of aromatic amines is 1. The van der Waals surface area contributed by atoms with Crippen LogP contribution in [0.25, 0.3) is 10.9 Å². The van der Waals surface area contributed by atoms with E-state index in [9.17, 15) is 32.8 Å². The number of ether oxygens (including phenoxy) is 1. The number of carbonyl (C=O) groups is 2. The van der Waals surface area contributed by atoms with Gasteiger partial charge >= 0.3 is 6.36 Å². The lowest BCUT2D eigenvalue weighted by Gasteiger charge is -2.41. The van der Waals surface area contributed by atoms with Crippen LogP contribution in [0.1, 0.15) is 27.6 Å². The summed E-state index contributed by atoms with van der Waals surface area (Å²) in [5.41, 5.74) is -0.427. The maximum atomic E-state index is 13.3. The highest BCUT2D eigenvalue weighted by Crippen LogP contribution is 2.25. The Hall–Kier alpha value is -4.17. The van der Waals surface area contributed by atoms with Crippen molar-refractivity contribution in [3.63, 3.8) is 0 Å². The number of pyridine rings is 1. The number of rotatable bonds is 5. The summed E-state index contributed by atoms with van der Waals surface area (Å²) >= 11 is 0. The second kappa shape index (κ2) is 9.83. The fourth-order valence-electron chi connectivity index (χ4n) is 4.31. The number of alkyl halides is 3. The summed E-state index contributed by atoms with van der Waals surface area (Å²) in [4.78, 5) is 45.0. The summed E-state index contributed by atoms with van der Waals surface area (Å²) in [6.07, 6.45) is -3.79. The number of ketones is 1. The summed E-state index contributed by atoms with van der Waals surface area (Å²) < 4.78 is 41.6. The lowest BCUT2D eigenvalue weighted by Crippen LogP contribution is -2.58. The molecule has 186 valence electrons. The summed E-state index contributed by atoms with van der Waals surface area (Å²) in [7, 11) is 0. The zero-order valence-corrected chi connectivity index (χ0v) is 19.1. The van der Waals surface area contributed by atoms with Crippen LogP contribution in [0.15, 0.2) is 59.5 Å². The van der Waals surface area contributed by atoms with Crippen LogP contribution in [0, 0.1) is 11.3 Å². The third-order valence-corrected chi connectivity index (χ3v) is 6.04. The van der Waals surface area contributed by atoms with Crippen molar-refractivity contribution in [1.82, 2.24) is 14.8 Å². The van der Waals surface area contributed by atoms with Crippen LogP contribution in [0.4, 0.5) is 13.2 Å². The quantitative estimate of drug-likeness (QED) is 0.541. The standard InChI is InChI=1S/C25H21F3N4O4/c1-15-14-31(24(35)16-5-3-2-4-6-16)9-10-32(15)21(12-29)23(34)19-13-30-20-8-7-17(36-25(26,27)28)11-18(20)22(19)33/h2-8,11,13,15,21H,9-10,14H2,1H3,(H,30,33). The van der Waals surface area contributed by atoms with E-state index in [0.717, 1.165) is 18.3 Å². The van der Waals surface area contributed by atoms with Gasteiger partial charge in [-0.15, -0.1) is 13.2 Å². The molecule has 1 amide bonds. The van der Waals surface area contributed by atoms with Crippen LogP contribution >= 0.6 is 0 Å². The molecule has 2 unspecified atom stereocenters. The monoisotopic (exact) mass is 498 g/mol. The van der Waals surface area contributed by atoms with Crippen molar-refractivity contribution in [2.75, 3.05) is 19.6 Å². The number of Topliss-reactive ketones (excluding diaryl/α,β-unsaturated/α-hetero) is 1. The molecular formula is C25H21F3N4O4. The van der Waals surface area contributed by atoms with E-state index < -0.39 is 29.4 Å². The van der Waals surface area contributed by atoms with Gasteiger partial charge in [0.2, 0.25) is 0 Å². The zero-order chi connectivity index (χ0) is 26.0. The summed E-state index contributed by atoms with van der Waals surface area (Å²) in [6.45, 7) is 2.54. The third-order valence-electron chi connectivity index (χ3n) is 6.04. The van der Waals surface area contributed by atoms with E-state index in [2.05, 4.69) is 9.72 Å². The van der Waals surface area contributed by atoms with Crippen LogP contribution in [0.5, 0.6) is 5.75 Å². The van der Waals surface area contributed by atoms with Crippen LogP contribution in [0.2, 0.25) is 0 Å². The van der Waals surface area contributed by atoms with Crippen molar-refractivity contribution < 1.29 is 27.5 Å². The van der Waals surface area contributed by atoms with Crippen molar-refractivity contribution in [3.8, 4) is 11.8 Å². The number of carbonyl (C=O) groups excluding carboxylic acids is 2. The highest BCUT2D eigenvalue weighted by atomic mass is 19.4. The number of piperazine rings is 1. The average molecular weight is 498 g/mol. The number of H-pyrrole nitrogens is 1. The molecule has 2 aromatic carbocycles. The molecule has 2 heterocycles. The molecule has 4 rings (SSSR count). The first kappa shape index (κ1) is 24.9. The van der Waals surface area contributed by atoms with E-state index in [1.165, 1.54) is 6.07 Å². The van der Waals surface area contributed by atoms with Crippen LogP contribution in [0.3, 0.4) is 0 Å². The number of hydrogen-bond acceptors (Lipinski definition) is 6. The number of nitriles is 1. The number of nitrogens with zero attached hydrogens (tertiary/aromatic N) is 3. The first-order valence-corrected chi connectivity index (χ1v) is 11.0. The molecule has 0 radical (unpaired) electrons. The van der Waals surface area contributed by atoms with E-state index >= 15 is 0 Å². The number of fused-ring (bicyclic) bond motifs is 1. The lowest BCUT2D eigenvalue weighted by molar-refractivity contribution is -0.274. The van der Waals surface area contributed by atoms with Gasteiger partial charge in [-0.2, -0.15) is 5.26 Å². The Kier molecular flexibility index (Phi) is 6.81. The molecule has 1 saturated heterocycles. The van der Waals surface area contributed by atoms with Gasteiger partial charge in [0, 0.05) is 48.3 Å². The Morgan fingerprint density at radius 3 is 2.53 bits per heavy atom. The Morgan fingerprint density at radius 1 is 1.17 bits per heavy atom. The molecule has 0 saturated carbocycles. The van der Waals surface area contributed by atoms with Crippen LogP contribution in [-0.4, -0.2) is 64.6 Å². The Morgan fingerprint density at radius 2 is 1.89 bits per heavy atom. The predicted octanol–water partition coefficient (Wildman–Crippen LogP) is 3.35. The molecule has 0 spiro atoms. The normalized spacial score (nSPS) is 17.4. The third kappa shape index (κ3) is 5.08. The van der Waals surface area contributed by atoms with E-state index in [0.29, 0.717) is 5.56 Å². The van der Waals surface area contributed by atoms with Gasteiger partial charge in [-0.05, 0) is 37.3 Å². The molecule has 1 aliphatic heterocycles. The molecule has 2 atom stereocenters. The van der Waals surface area contributed by atoms with Crippen LogP contribution in [-0.2, 0) is 0 Å². The highest BCUT2D eigenvalue weighted by molar-refractivity contribution is 6.03. The summed E-state index contributed by atoms with van der Waals surface area (Å²) in [6, 6.07) is 12.2. The second-order valence-corrected chi connectivity index (χ2v) is 8.39. The average Bonchev–Trinajstić information content (AvgIpc) is 2.85. The molecule has 1 N–H and O–H groups in total. The van der Waals surface area contributed by atoms with Gasteiger partial charge in [0.1, 0.15) is 5.75 Å². The molecule has 1 fully saturated rings. The molecule has 1 aromatic heterocycles. The Bertz CT molecular complexity index is 1400. The maximum absolute atomic E-state index is 13.3. The summed E-state index contributed by atoms with van der Waals surface area (Å²) in [5, 5.41) is 9.63.